The van der Waals surface area contributed by atoms with Crippen molar-refractivity contribution in [2.24, 2.45) is 0 Å². The van der Waals surface area contributed by atoms with Gasteiger partial charge in [-0.1, -0.05) is 19.1 Å². The zero-order valence-electron chi connectivity index (χ0n) is 16.1. The molecule has 0 bridgehead atoms. The minimum absolute atomic E-state index is 0. The van der Waals surface area contributed by atoms with Gasteiger partial charge in [-0.15, -0.1) is 12.4 Å². The first-order valence-electron chi connectivity index (χ1n) is 8.78. The number of aryl methyl sites for hydroxylation is 2. The maximum Gasteiger partial charge on any atom is 0.299 e. The highest BCUT2D eigenvalue weighted by Crippen LogP contribution is 2.30. The van der Waals surface area contributed by atoms with Crippen LogP contribution in [0, 0.1) is 13.8 Å². The van der Waals surface area contributed by atoms with Crippen LogP contribution in [0.25, 0.3) is 11.5 Å². The lowest BCUT2D eigenvalue weighted by atomic mass is 10.0. The smallest absolute Gasteiger partial charge is 0.299 e. The molecule has 3 aromatic rings. The number of hydrogen-bond acceptors (Lipinski definition) is 6. The fourth-order valence-electron chi connectivity index (χ4n) is 2.64. The molecule has 7 heteroatoms. The summed E-state index contributed by atoms with van der Waals surface area (Å²) in [5.74, 6) is 1.43. The Morgan fingerprint density at radius 3 is 2.67 bits per heavy atom. The molecule has 0 unspecified atom stereocenters. The Kier molecular flexibility index (Phi) is 7.71. The van der Waals surface area contributed by atoms with Crippen molar-refractivity contribution in [3.05, 3.63) is 53.2 Å². The number of aromatic nitrogens is 3. The van der Waals surface area contributed by atoms with Crippen LogP contribution in [-0.2, 0) is 6.42 Å². The summed E-state index contributed by atoms with van der Waals surface area (Å²) in [7, 11) is 2.15. The quantitative estimate of drug-likeness (QED) is 0.559. The van der Waals surface area contributed by atoms with Crippen LogP contribution < -0.4 is 4.74 Å². The predicted octanol–water partition coefficient (Wildman–Crippen LogP) is 4.93. The molecular formula is C20H25ClN4OS. The van der Waals surface area contributed by atoms with Gasteiger partial charge in [0.1, 0.15) is 11.4 Å². The summed E-state index contributed by atoms with van der Waals surface area (Å²) in [5, 5.41) is 0.534. The summed E-state index contributed by atoms with van der Waals surface area (Å²) in [5.41, 5.74) is 4.47. The average Bonchev–Trinajstić information content (AvgIpc) is 3.12. The van der Waals surface area contributed by atoms with Crippen LogP contribution >= 0.6 is 23.9 Å². The summed E-state index contributed by atoms with van der Waals surface area (Å²) >= 11 is 1.25. The minimum Gasteiger partial charge on any atom is -0.430 e. The molecule has 27 heavy (non-hydrogen) atoms. The Bertz CT molecular complexity index is 870. The first-order valence-corrected chi connectivity index (χ1v) is 9.55. The Labute approximate surface area is 171 Å². The maximum atomic E-state index is 6.00. The molecule has 0 aliphatic heterocycles. The zero-order valence-corrected chi connectivity index (χ0v) is 17.7. The standard InChI is InChI=1S/C20H24N4OS.ClH/c1-5-24(4)11-9-16-12-15(3)18(13-14(16)2)25-20-22-19(23-26-20)17-8-6-7-10-21-17;/h6-8,10,12-13H,5,9,11H2,1-4H3;1H. The summed E-state index contributed by atoms with van der Waals surface area (Å²) in [4.78, 5) is 11.1. The van der Waals surface area contributed by atoms with Crippen LogP contribution in [0.3, 0.4) is 0 Å². The van der Waals surface area contributed by atoms with Crippen molar-refractivity contribution in [3.63, 3.8) is 0 Å². The zero-order chi connectivity index (χ0) is 18.5. The number of ether oxygens (including phenoxy) is 1. The summed E-state index contributed by atoms with van der Waals surface area (Å²) in [6, 6.07) is 10.0. The van der Waals surface area contributed by atoms with Crippen LogP contribution in [0.1, 0.15) is 23.6 Å². The number of benzene rings is 1. The highest BCUT2D eigenvalue weighted by Gasteiger charge is 2.12. The van der Waals surface area contributed by atoms with Crippen molar-refractivity contribution < 1.29 is 4.74 Å². The van der Waals surface area contributed by atoms with Gasteiger partial charge in [0.25, 0.3) is 5.19 Å². The van der Waals surface area contributed by atoms with Gasteiger partial charge in [-0.25, -0.2) is 0 Å². The molecule has 0 spiro atoms. The number of pyridine rings is 1. The molecule has 0 aliphatic rings. The topological polar surface area (TPSA) is 51.1 Å². The number of halogens is 1. The second-order valence-corrected chi connectivity index (χ2v) is 7.11. The molecular weight excluding hydrogens is 380 g/mol. The molecule has 0 radical (unpaired) electrons. The van der Waals surface area contributed by atoms with Crippen LogP contribution in [0.2, 0.25) is 0 Å². The lowest BCUT2D eigenvalue weighted by molar-refractivity contribution is 0.357. The van der Waals surface area contributed by atoms with Gasteiger partial charge in [0.05, 0.1) is 0 Å². The highest BCUT2D eigenvalue weighted by atomic mass is 35.5. The fraction of sp³-hybridized carbons (Fsp3) is 0.350. The first kappa shape index (κ1) is 21.3. The average molecular weight is 405 g/mol. The normalized spacial score (nSPS) is 10.7. The molecule has 144 valence electrons. The molecule has 1 aromatic carbocycles. The molecule has 0 N–H and O–H groups in total. The van der Waals surface area contributed by atoms with Gasteiger partial charge < -0.3 is 9.64 Å². The monoisotopic (exact) mass is 404 g/mol. The van der Waals surface area contributed by atoms with E-state index in [0.717, 1.165) is 36.5 Å². The summed E-state index contributed by atoms with van der Waals surface area (Å²) in [6.45, 7) is 8.50. The van der Waals surface area contributed by atoms with Crippen molar-refractivity contribution in [2.45, 2.75) is 27.2 Å². The van der Waals surface area contributed by atoms with E-state index in [1.54, 1.807) is 6.20 Å². The van der Waals surface area contributed by atoms with Crippen molar-refractivity contribution in [1.82, 2.24) is 19.2 Å². The summed E-state index contributed by atoms with van der Waals surface area (Å²) < 4.78 is 10.3. The third-order valence-corrected chi connectivity index (χ3v) is 5.03. The first-order chi connectivity index (χ1) is 12.6. The van der Waals surface area contributed by atoms with Crippen LogP contribution in [0.15, 0.2) is 36.5 Å². The van der Waals surface area contributed by atoms with E-state index in [1.165, 1.54) is 22.7 Å². The highest BCUT2D eigenvalue weighted by molar-refractivity contribution is 7.07. The molecule has 0 atom stereocenters. The molecule has 0 saturated carbocycles. The third-order valence-electron chi connectivity index (χ3n) is 4.43. The fourth-order valence-corrected chi connectivity index (χ4v) is 3.20. The summed E-state index contributed by atoms with van der Waals surface area (Å²) in [6.07, 6.45) is 2.78. The Morgan fingerprint density at radius 1 is 1.15 bits per heavy atom. The number of rotatable bonds is 7. The van der Waals surface area contributed by atoms with Gasteiger partial charge in [0.15, 0.2) is 5.82 Å². The van der Waals surface area contributed by atoms with Crippen molar-refractivity contribution >= 4 is 23.9 Å². The SMILES string of the molecule is CCN(C)CCc1cc(C)c(Oc2nc(-c3ccccn3)ns2)cc1C.Cl. The van der Waals surface area contributed by atoms with Crippen LogP contribution in [-0.4, -0.2) is 39.4 Å². The van der Waals surface area contributed by atoms with E-state index in [-0.39, 0.29) is 12.4 Å². The van der Waals surface area contributed by atoms with E-state index in [4.69, 9.17) is 4.74 Å². The largest absolute Gasteiger partial charge is 0.430 e. The second-order valence-electron chi connectivity index (χ2n) is 6.39. The van der Waals surface area contributed by atoms with Crippen molar-refractivity contribution in [3.8, 4) is 22.5 Å². The molecule has 0 saturated heterocycles. The number of hydrogen-bond donors (Lipinski definition) is 0. The number of likely N-dealkylation sites (N-methyl/N-ethyl adjacent to an activating group) is 1. The molecule has 0 amide bonds. The van der Waals surface area contributed by atoms with Crippen molar-refractivity contribution in [2.75, 3.05) is 20.1 Å². The van der Waals surface area contributed by atoms with Gasteiger partial charge >= 0.3 is 0 Å². The minimum atomic E-state index is 0. The van der Waals surface area contributed by atoms with E-state index >= 15 is 0 Å². The lowest BCUT2D eigenvalue weighted by Crippen LogP contribution is -2.20. The third kappa shape index (κ3) is 5.48. The van der Waals surface area contributed by atoms with Gasteiger partial charge in [-0.2, -0.15) is 9.36 Å². The number of nitrogens with zero attached hydrogens (tertiary/aromatic N) is 4. The van der Waals surface area contributed by atoms with Crippen molar-refractivity contribution in [1.29, 1.82) is 0 Å². The predicted molar refractivity (Wildman–Crippen MR) is 113 cm³/mol. The molecule has 3 rings (SSSR count). The van der Waals surface area contributed by atoms with E-state index in [9.17, 15) is 0 Å². The van der Waals surface area contributed by atoms with E-state index < -0.39 is 0 Å². The van der Waals surface area contributed by atoms with Gasteiger partial charge in [-0.05, 0) is 68.8 Å². The Balaban J connectivity index is 0.00000261. The van der Waals surface area contributed by atoms with E-state index in [2.05, 4.69) is 59.2 Å². The van der Waals surface area contributed by atoms with Crippen LogP contribution in [0.4, 0.5) is 0 Å². The van der Waals surface area contributed by atoms with E-state index in [0.29, 0.717) is 11.0 Å². The molecule has 2 aromatic heterocycles. The van der Waals surface area contributed by atoms with Gasteiger partial charge in [0.2, 0.25) is 0 Å². The second kappa shape index (κ2) is 9.78. The maximum absolute atomic E-state index is 6.00. The van der Waals surface area contributed by atoms with E-state index in [1.807, 2.05) is 18.2 Å². The molecule has 0 aliphatic carbocycles. The van der Waals surface area contributed by atoms with Gasteiger partial charge in [0, 0.05) is 24.3 Å². The Hall–Kier alpha value is -2.02. The molecule has 5 nitrogen and oxygen atoms in total. The molecule has 0 fully saturated rings. The molecule has 2 heterocycles. The lowest BCUT2D eigenvalue weighted by Gasteiger charge is -2.16. The van der Waals surface area contributed by atoms with Crippen LogP contribution in [0.5, 0.6) is 10.9 Å². The van der Waals surface area contributed by atoms with Gasteiger partial charge in [-0.3, -0.25) is 4.98 Å². The Morgan fingerprint density at radius 2 is 1.96 bits per heavy atom.